The van der Waals surface area contributed by atoms with Crippen molar-refractivity contribution in [3.05, 3.63) is 22.8 Å². The normalized spacial score (nSPS) is 31.4. The Labute approximate surface area is 151 Å². The Morgan fingerprint density at radius 3 is 2.46 bits per heavy atom. The molecule has 1 aliphatic carbocycles. The minimum absolute atomic E-state index is 0.0297. The fraction of sp³-hybridized carbons (Fsp3) is 0.550. The fourth-order valence-electron chi connectivity index (χ4n) is 5.10. The topological polar surface area (TPSA) is 89.9 Å². The largest absolute Gasteiger partial charge is 0.504 e. The van der Waals surface area contributed by atoms with Gasteiger partial charge in [-0.3, -0.25) is 14.4 Å². The second kappa shape index (κ2) is 4.87. The van der Waals surface area contributed by atoms with E-state index in [1.165, 1.54) is 0 Å². The number of aromatic hydroxyl groups is 1. The van der Waals surface area contributed by atoms with Crippen LogP contribution in [0.4, 0.5) is 0 Å². The summed E-state index contributed by atoms with van der Waals surface area (Å²) >= 11 is 0. The number of ether oxygens (including phenoxy) is 2. The van der Waals surface area contributed by atoms with Gasteiger partial charge in [-0.2, -0.15) is 0 Å². The first-order chi connectivity index (χ1) is 12.0. The van der Waals surface area contributed by atoms with Crippen molar-refractivity contribution in [3.63, 3.8) is 0 Å². The first-order valence-electron chi connectivity index (χ1n) is 8.86. The summed E-state index contributed by atoms with van der Waals surface area (Å²) in [6.45, 7) is 9.11. The van der Waals surface area contributed by atoms with E-state index in [1.807, 2.05) is 20.8 Å². The van der Waals surface area contributed by atoms with E-state index in [9.17, 15) is 19.5 Å². The van der Waals surface area contributed by atoms with Crippen LogP contribution in [0.1, 0.15) is 68.4 Å². The molecule has 26 heavy (non-hydrogen) atoms. The lowest BCUT2D eigenvalue weighted by atomic mass is 9.54. The van der Waals surface area contributed by atoms with Gasteiger partial charge in [-0.15, -0.1) is 0 Å². The number of benzene rings is 1. The van der Waals surface area contributed by atoms with Crippen LogP contribution in [0, 0.1) is 11.3 Å². The molecule has 0 bridgehead atoms. The SMILES string of the molecule is CC(C)c1cc2c3c(c1O)OC(=O)CC3(C)C1C(OC(=O)C1(C)C)C2=O. The van der Waals surface area contributed by atoms with Crippen molar-refractivity contribution in [2.24, 2.45) is 11.3 Å². The number of phenols is 1. The average molecular weight is 358 g/mol. The number of Topliss-reactive ketones (excluding diaryl/α,β-unsaturated/α-hetero) is 1. The number of phenolic OH excluding ortho intramolecular Hbond substituents is 1. The lowest BCUT2D eigenvalue weighted by Gasteiger charge is -2.48. The lowest BCUT2D eigenvalue weighted by molar-refractivity contribution is -0.146. The van der Waals surface area contributed by atoms with Gasteiger partial charge in [-0.05, 0) is 25.8 Å². The van der Waals surface area contributed by atoms with E-state index in [0.29, 0.717) is 16.7 Å². The summed E-state index contributed by atoms with van der Waals surface area (Å²) in [6, 6.07) is 1.66. The van der Waals surface area contributed by atoms with Crippen molar-refractivity contribution < 1.29 is 29.0 Å². The predicted molar refractivity (Wildman–Crippen MR) is 91.3 cm³/mol. The Balaban J connectivity index is 2.09. The zero-order chi connectivity index (χ0) is 19.2. The Bertz CT molecular complexity index is 881. The molecular weight excluding hydrogens is 336 g/mol. The summed E-state index contributed by atoms with van der Waals surface area (Å²) in [5, 5.41) is 10.7. The van der Waals surface area contributed by atoms with Gasteiger partial charge in [0, 0.05) is 28.0 Å². The van der Waals surface area contributed by atoms with Crippen molar-refractivity contribution in [3.8, 4) is 11.5 Å². The first-order valence-corrected chi connectivity index (χ1v) is 8.86. The molecule has 2 heterocycles. The van der Waals surface area contributed by atoms with Gasteiger partial charge in [0.05, 0.1) is 11.8 Å². The smallest absolute Gasteiger partial charge is 0.312 e. The Morgan fingerprint density at radius 2 is 1.85 bits per heavy atom. The molecule has 0 saturated carbocycles. The molecule has 1 saturated heterocycles. The number of carbonyl (C=O) groups is 3. The zero-order valence-electron chi connectivity index (χ0n) is 15.5. The van der Waals surface area contributed by atoms with Crippen molar-refractivity contribution in [1.82, 2.24) is 0 Å². The van der Waals surface area contributed by atoms with Crippen LogP contribution in [0.25, 0.3) is 0 Å². The maximum Gasteiger partial charge on any atom is 0.312 e. The van der Waals surface area contributed by atoms with Gasteiger partial charge in [0.15, 0.2) is 17.6 Å². The Morgan fingerprint density at radius 1 is 1.19 bits per heavy atom. The standard InChI is InChI=1S/C20H22O6/c1-8(2)9-6-10-12-15(13(9)22)25-11(21)7-20(12,5)17-16(14(10)23)26-18(24)19(17,3)4/h6,8,16-17,22H,7H2,1-5H3. The van der Waals surface area contributed by atoms with Gasteiger partial charge in [0.25, 0.3) is 0 Å². The Kier molecular flexibility index (Phi) is 3.20. The molecule has 2 aliphatic heterocycles. The minimum atomic E-state index is -0.923. The highest BCUT2D eigenvalue weighted by atomic mass is 16.6. The van der Waals surface area contributed by atoms with Gasteiger partial charge < -0.3 is 14.6 Å². The molecule has 0 spiro atoms. The molecule has 0 aromatic heterocycles. The molecular formula is C20H22O6. The molecule has 3 atom stereocenters. The van der Waals surface area contributed by atoms with Crippen molar-refractivity contribution in [2.75, 3.05) is 0 Å². The van der Waals surface area contributed by atoms with Gasteiger partial charge in [0.2, 0.25) is 5.78 Å². The van der Waals surface area contributed by atoms with E-state index in [4.69, 9.17) is 9.47 Å². The van der Waals surface area contributed by atoms with E-state index in [0.717, 1.165) is 0 Å². The number of hydrogen-bond acceptors (Lipinski definition) is 6. The quantitative estimate of drug-likeness (QED) is 0.613. The second-order valence-corrected chi connectivity index (χ2v) is 8.68. The summed E-state index contributed by atoms with van der Waals surface area (Å²) in [4.78, 5) is 38.0. The molecule has 1 aromatic carbocycles. The van der Waals surface area contributed by atoms with E-state index in [-0.39, 0.29) is 29.6 Å². The molecule has 1 N–H and O–H groups in total. The number of carbonyl (C=O) groups excluding carboxylic acids is 3. The number of ketones is 1. The molecule has 6 nitrogen and oxygen atoms in total. The molecule has 0 radical (unpaired) electrons. The van der Waals surface area contributed by atoms with Gasteiger partial charge in [-0.1, -0.05) is 20.8 Å². The maximum atomic E-state index is 13.2. The number of esters is 2. The number of rotatable bonds is 1. The minimum Gasteiger partial charge on any atom is -0.504 e. The number of hydrogen-bond donors (Lipinski definition) is 1. The monoisotopic (exact) mass is 358 g/mol. The van der Waals surface area contributed by atoms with E-state index >= 15 is 0 Å². The fourth-order valence-corrected chi connectivity index (χ4v) is 5.10. The lowest BCUT2D eigenvalue weighted by Crippen LogP contribution is -2.54. The highest BCUT2D eigenvalue weighted by Gasteiger charge is 2.66. The maximum absolute atomic E-state index is 13.2. The van der Waals surface area contributed by atoms with E-state index in [2.05, 4.69) is 0 Å². The molecule has 6 heteroatoms. The van der Waals surface area contributed by atoms with Gasteiger partial charge in [0.1, 0.15) is 0 Å². The molecule has 3 aliphatic rings. The number of fused-ring (bicyclic) bond motifs is 2. The van der Waals surface area contributed by atoms with Crippen LogP contribution in [-0.4, -0.2) is 28.9 Å². The van der Waals surface area contributed by atoms with Crippen molar-refractivity contribution in [1.29, 1.82) is 0 Å². The van der Waals surface area contributed by atoms with E-state index < -0.39 is 34.8 Å². The molecule has 1 aromatic rings. The third-order valence-electron chi connectivity index (χ3n) is 6.26. The van der Waals surface area contributed by atoms with Gasteiger partial charge in [-0.25, -0.2) is 0 Å². The van der Waals surface area contributed by atoms with Crippen molar-refractivity contribution in [2.45, 2.75) is 58.5 Å². The van der Waals surface area contributed by atoms with E-state index in [1.54, 1.807) is 19.9 Å². The van der Waals surface area contributed by atoms with Crippen LogP contribution in [0.2, 0.25) is 0 Å². The molecule has 1 fully saturated rings. The predicted octanol–water partition coefficient (Wildman–Crippen LogP) is 2.85. The molecule has 0 amide bonds. The summed E-state index contributed by atoms with van der Waals surface area (Å²) in [5.74, 6) is -1.83. The third-order valence-corrected chi connectivity index (χ3v) is 6.26. The van der Waals surface area contributed by atoms with Gasteiger partial charge >= 0.3 is 11.9 Å². The summed E-state index contributed by atoms with van der Waals surface area (Å²) in [7, 11) is 0. The highest BCUT2D eigenvalue weighted by Crippen LogP contribution is 2.61. The third kappa shape index (κ3) is 1.85. The van der Waals surface area contributed by atoms with Crippen LogP contribution >= 0.6 is 0 Å². The first kappa shape index (κ1) is 17.1. The average Bonchev–Trinajstić information content (AvgIpc) is 2.77. The summed E-state index contributed by atoms with van der Waals surface area (Å²) in [5.41, 5.74) is -0.319. The van der Waals surface area contributed by atoms with Crippen LogP contribution in [0.3, 0.4) is 0 Å². The zero-order valence-corrected chi connectivity index (χ0v) is 15.5. The summed E-state index contributed by atoms with van der Waals surface area (Å²) in [6.07, 6.45) is -0.888. The van der Waals surface area contributed by atoms with Crippen LogP contribution < -0.4 is 4.74 Å². The Hall–Kier alpha value is -2.37. The molecule has 4 rings (SSSR count). The highest BCUT2D eigenvalue weighted by molar-refractivity contribution is 6.07. The van der Waals surface area contributed by atoms with Crippen LogP contribution in [0.15, 0.2) is 6.07 Å². The van der Waals surface area contributed by atoms with Crippen LogP contribution in [-0.2, 0) is 19.7 Å². The summed E-state index contributed by atoms with van der Waals surface area (Å²) < 4.78 is 10.9. The molecule has 138 valence electrons. The van der Waals surface area contributed by atoms with Crippen molar-refractivity contribution >= 4 is 17.7 Å². The second-order valence-electron chi connectivity index (χ2n) is 8.68. The van der Waals surface area contributed by atoms with Crippen LogP contribution in [0.5, 0.6) is 11.5 Å². The molecule has 3 unspecified atom stereocenters.